The van der Waals surface area contributed by atoms with Crippen molar-refractivity contribution >= 4 is 17.6 Å². The van der Waals surface area contributed by atoms with Crippen molar-refractivity contribution in [1.82, 2.24) is 9.78 Å². The molecule has 0 fully saturated rings. The molecule has 1 aliphatic rings. The quantitative estimate of drug-likeness (QED) is 0.808. The number of fused-ring (bicyclic) bond motifs is 1. The fraction of sp³-hybridized carbons (Fsp3) is 0.353. The summed E-state index contributed by atoms with van der Waals surface area (Å²) in [5.41, 5.74) is 3.53. The Morgan fingerprint density at radius 3 is 2.70 bits per heavy atom. The van der Waals surface area contributed by atoms with E-state index in [2.05, 4.69) is 5.10 Å². The number of amides is 1. The second kappa shape index (κ2) is 5.87. The number of para-hydroxylation sites is 1. The van der Waals surface area contributed by atoms with E-state index >= 15 is 0 Å². The third kappa shape index (κ3) is 2.72. The summed E-state index contributed by atoms with van der Waals surface area (Å²) in [6, 6.07) is 8.87. The predicted octanol–water partition coefficient (Wildman–Crippen LogP) is 1.63. The Labute approximate surface area is 134 Å². The SMILES string of the molecule is COC(=O)C1Cc2ccccc2N1C(=O)Cn1nc(C)cc1C. The monoisotopic (exact) mass is 313 g/mol. The van der Waals surface area contributed by atoms with Crippen LogP contribution in [0.3, 0.4) is 0 Å². The zero-order valence-corrected chi connectivity index (χ0v) is 13.4. The number of rotatable bonds is 3. The fourth-order valence-corrected chi connectivity index (χ4v) is 3.06. The van der Waals surface area contributed by atoms with Crippen molar-refractivity contribution in [3.63, 3.8) is 0 Å². The van der Waals surface area contributed by atoms with Gasteiger partial charge in [-0.15, -0.1) is 0 Å². The molecule has 6 nitrogen and oxygen atoms in total. The maximum Gasteiger partial charge on any atom is 0.329 e. The Balaban J connectivity index is 1.92. The van der Waals surface area contributed by atoms with Gasteiger partial charge in [0.05, 0.1) is 12.8 Å². The van der Waals surface area contributed by atoms with E-state index in [4.69, 9.17) is 4.74 Å². The van der Waals surface area contributed by atoms with Crippen LogP contribution >= 0.6 is 0 Å². The number of esters is 1. The minimum Gasteiger partial charge on any atom is -0.467 e. The molecule has 0 radical (unpaired) electrons. The molecule has 6 heteroatoms. The van der Waals surface area contributed by atoms with Crippen LogP contribution in [0.15, 0.2) is 30.3 Å². The molecule has 2 heterocycles. The summed E-state index contributed by atoms with van der Waals surface area (Å²) in [5, 5.41) is 4.32. The summed E-state index contributed by atoms with van der Waals surface area (Å²) < 4.78 is 6.53. The second-order valence-electron chi connectivity index (χ2n) is 5.72. The second-order valence-corrected chi connectivity index (χ2v) is 5.72. The molecule has 1 aromatic carbocycles. The van der Waals surface area contributed by atoms with Gasteiger partial charge in [-0.2, -0.15) is 5.10 Å². The number of benzene rings is 1. The summed E-state index contributed by atoms with van der Waals surface area (Å²) in [6.45, 7) is 3.89. The zero-order chi connectivity index (χ0) is 16.6. The van der Waals surface area contributed by atoms with Gasteiger partial charge in [0.2, 0.25) is 5.91 Å². The molecule has 0 aliphatic carbocycles. The fourth-order valence-electron chi connectivity index (χ4n) is 3.06. The number of nitrogens with zero attached hydrogens (tertiary/aromatic N) is 3. The number of aryl methyl sites for hydroxylation is 2. The smallest absolute Gasteiger partial charge is 0.329 e. The molecule has 120 valence electrons. The summed E-state index contributed by atoms with van der Waals surface area (Å²) >= 11 is 0. The van der Waals surface area contributed by atoms with Crippen molar-refractivity contribution in [2.45, 2.75) is 32.9 Å². The standard InChI is InChI=1S/C17H19N3O3/c1-11-8-12(2)19(18-11)10-16(21)20-14-7-5-4-6-13(14)9-15(20)17(22)23-3/h4-8,15H,9-10H2,1-3H3. The normalized spacial score (nSPS) is 16.3. The molecule has 1 unspecified atom stereocenters. The number of hydrogen-bond donors (Lipinski definition) is 0. The number of aromatic nitrogens is 2. The van der Waals surface area contributed by atoms with Crippen molar-refractivity contribution in [3.8, 4) is 0 Å². The van der Waals surface area contributed by atoms with E-state index in [9.17, 15) is 9.59 Å². The summed E-state index contributed by atoms with van der Waals surface area (Å²) in [5.74, 6) is -0.570. The summed E-state index contributed by atoms with van der Waals surface area (Å²) in [7, 11) is 1.34. The molecule has 1 aromatic heterocycles. The van der Waals surface area contributed by atoms with Crippen LogP contribution in [-0.4, -0.2) is 34.8 Å². The molecule has 1 amide bonds. The van der Waals surface area contributed by atoms with Crippen LogP contribution in [-0.2, 0) is 27.3 Å². The third-order valence-electron chi connectivity index (χ3n) is 4.11. The van der Waals surface area contributed by atoms with E-state index in [0.29, 0.717) is 6.42 Å². The van der Waals surface area contributed by atoms with Gasteiger partial charge in [-0.1, -0.05) is 18.2 Å². The molecular formula is C17H19N3O3. The van der Waals surface area contributed by atoms with E-state index in [0.717, 1.165) is 22.6 Å². The number of ether oxygens (including phenoxy) is 1. The van der Waals surface area contributed by atoms with E-state index < -0.39 is 12.0 Å². The number of hydrogen-bond acceptors (Lipinski definition) is 4. The molecular weight excluding hydrogens is 294 g/mol. The van der Waals surface area contributed by atoms with E-state index in [-0.39, 0.29) is 12.5 Å². The lowest BCUT2D eigenvalue weighted by atomic mass is 10.1. The molecule has 1 aliphatic heterocycles. The van der Waals surface area contributed by atoms with Crippen molar-refractivity contribution in [2.75, 3.05) is 12.0 Å². The molecule has 0 bridgehead atoms. The molecule has 1 atom stereocenters. The highest BCUT2D eigenvalue weighted by atomic mass is 16.5. The highest BCUT2D eigenvalue weighted by Gasteiger charge is 2.38. The zero-order valence-electron chi connectivity index (χ0n) is 13.4. The molecule has 3 rings (SSSR count). The van der Waals surface area contributed by atoms with Crippen LogP contribution < -0.4 is 4.90 Å². The van der Waals surface area contributed by atoms with Gasteiger partial charge in [0.25, 0.3) is 0 Å². The summed E-state index contributed by atoms with van der Waals surface area (Å²) in [6.07, 6.45) is 0.478. The van der Waals surface area contributed by atoms with Gasteiger partial charge in [-0.25, -0.2) is 4.79 Å². The van der Waals surface area contributed by atoms with Crippen LogP contribution in [0, 0.1) is 13.8 Å². The van der Waals surface area contributed by atoms with Gasteiger partial charge >= 0.3 is 5.97 Å². The average molecular weight is 313 g/mol. The van der Waals surface area contributed by atoms with Gasteiger partial charge in [0.15, 0.2) is 0 Å². The highest BCUT2D eigenvalue weighted by molar-refractivity contribution is 6.02. The highest BCUT2D eigenvalue weighted by Crippen LogP contribution is 2.32. The van der Waals surface area contributed by atoms with Crippen LogP contribution in [0.5, 0.6) is 0 Å². The van der Waals surface area contributed by atoms with E-state index in [1.807, 2.05) is 44.2 Å². The summed E-state index contributed by atoms with van der Waals surface area (Å²) in [4.78, 5) is 26.4. The number of methoxy groups -OCH3 is 1. The Hall–Kier alpha value is -2.63. The van der Waals surface area contributed by atoms with Crippen molar-refractivity contribution in [1.29, 1.82) is 0 Å². The molecule has 23 heavy (non-hydrogen) atoms. The predicted molar refractivity (Wildman–Crippen MR) is 85.1 cm³/mol. The maximum atomic E-state index is 12.8. The minimum absolute atomic E-state index is 0.0987. The topological polar surface area (TPSA) is 64.4 Å². The van der Waals surface area contributed by atoms with Crippen LogP contribution in [0.2, 0.25) is 0 Å². The molecule has 0 saturated carbocycles. The van der Waals surface area contributed by atoms with Gasteiger partial charge in [0, 0.05) is 17.8 Å². The molecule has 2 aromatic rings. The Bertz CT molecular complexity index is 766. The number of anilines is 1. The maximum absolute atomic E-state index is 12.8. The lowest BCUT2D eigenvalue weighted by molar-refractivity contribution is -0.143. The lowest BCUT2D eigenvalue weighted by Crippen LogP contribution is -2.45. The van der Waals surface area contributed by atoms with Crippen molar-refractivity contribution in [2.24, 2.45) is 0 Å². The van der Waals surface area contributed by atoms with Gasteiger partial charge in [0.1, 0.15) is 12.6 Å². The first-order chi connectivity index (χ1) is 11.0. The van der Waals surface area contributed by atoms with Crippen LogP contribution in [0.25, 0.3) is 0 Å². The first-order valence-electron chi connectivity index (χ1n) is 7.50. The van der Waals surface area contributed by atoms with Gasteiger partial charge in [-0.05, 0) is 31.5 Å². The molecule has 0 N–H and O–H groups in total. The van der Waals surface area contributed by atoms with E-state index in [1.54, 1.807) is 4.68 Å². The molecule has 0 spiro atoms. The van der Waals surface area contributed by atoms with Crippen LogP contribution in [0.1, 0.15) is 17.0 Å². The minimum atomic E-state index is -0.609. The van der Waals surface area contributed by atoms with Gasteiger partial charge in [-0.3, -0.25) is 14.4 Å². The third-order valence-corrected chi connectivity index (χ3v) is 4.11. The molecule has 0 saturated heterocycles. The Kier molecular flexibility index (Phi) is 3.90. The Morgan fingerprint density at radius 2 is 2.04 bits per heavy atom. The number of carbonyl (C=O) groups excluding carboxylic acids is 2. The largest absolute Gasteiger partial charge is 0.467 e. The van der Waals surface area contributed by atoms with Gasteiger partial charge < -0.3 is 4.74 Å². The van der Waals surface area contributed by atoms with Crippen LogP contribution in [0.4, 0.5) is 5.69 Å². The first-order valence-corrected chi connectivity index (χ1v) is 7.50. The average Bonchev–Trinajstić information content (AvgIpc) is 3.06. The van der Waals surface area contributed by atoms with Crippen molar-refractivity contribution < 1.29 is 14.3 Å². The Morgan fingerprint density at radius 1 is 1.30 bits per heavy atom. The first kappa shape index (κ1) is 15.3. The number of carbonyl (C=O) groups is 2. The van der Waals surface area contributed by atoms with Crippen molar-refractivity contribution in [3.05, 3.63) is 47.3 Å². The van der Waals surface area contributed by atoms with E-state index in [1.165, 1.54) is 12.0 Å². The lowest BCUT2D eigenvalue weighted by Gasteiger charge is -2.24.